The minimum absolute atomic E-state index is 0.0321. The topological polar surface area (TPSA) is 69.6 Å². The van der Waals surface area contributed by atoms with E-state index in [1.54, 1.807) is 0 Å². The number of piperazine rings is 1. The van der Waals surface area contributed by atoms with Crippen LogP contribution in [0.5, 0.6) is 0 Å². The van der Waals surface area contributed by atoms with E-state index < -0.39 is 17.4 Å². The van der Waals surface area contributed by atoms with Gasteiger partial charge in [-0.25, -0.2) is 0 Å². The summed E-state index contributed by atoms with van der Waals surface area (Å²) in [6, 6.07) is -0.446. The lowest BCUT2D eigenvalue weighted by Gasteiger charge is -2.44. The number of nitrogens with zero attached hydrogens (tertiary/aromatic N) is 1. The lowest BCUT2D eigenvalue weighted by atomic mass is 9.97. The van der Waals surface area contributed by atoms with Crippen molar-refractivity contribution in [3.63, 3.8) is 0 Å². The van der Waals surface area contributed by atoms with Crippen LogP contribution in [-0.4, -0.2) is 59.9 Å². The fourth-order valence-corrected chi connectivity index (χ4v) is 1.85. The van der Waals surface area contributed by atoms with Gasteiger partial charge in [0.1, 0.15) is 0 Å². The zero-order valence-corrected chi connectivity index (χ0v) is 9.19. The highest BCUT2D eigenvalue weighted by Crippen LogP contribution is 2.18. The summed E-state index contributed by atoms with van der Waals surface area (Å²) in [5.74, 6) is -0.427. The van der Waals surface area contributed by atoms with Crippen molar-refractivity contribution < 1.29 is 14.7 Å². The Morgan fingerprint density at radius 1 is 1.67 bits per heavy atom. The number of hydrogen-bond acceptors (Lipinski definition) is 5. The zero-order chi connectivity index (χ0) is 11.5. The number of aliphatic hydroxyl groups is 1. The summed E-state index contributed by atoms with van der Waals surface area (Å²) < 4.78 is 0. The first kappa shape index (κ1) is 12.3. The molecule has 1 aliphatic heterocycles. The number of Topliss-reactive ketones (excluding diaryl/α,β-unsaturated/α-hetero) is 1. The van der Waals surface area contributed by atoms with Crippen LogP contribution in [0.3, 0.4) is 0 Å². The van der Waals surface area contributed by atoms with E-state index in [2.05, 4.69) is 5.32 Å². The Labute approximate surface area is 89.4 Å². The van der Waals surface area contributed by atoms with Gasteiger partial charge in [0.05, 0.1) is 12.6 Å². The molecule has 1 aliphatic rings. The van der Waals surface area contributed by atoms with E-state index in [9.17, 15) is 14.7 Å². The number of hydrogen-bond donors (Lipinski definition) is 2. The third-order valence-corrected chi connectivity index (χ3v) is 2.85. The van der Waals surface area contributed by atoms with Crippen LogP contribution in [0, 0.1) is 0 Å². The van der Waals surface area contributed by atoms with Crippen molar-refractivity contribution in [3.05, 3.63) is 0 Å². The first-order valence-electron chi connectivity index (χ1n) is 5.10. The summed E-state index contributed by atoms with van der Waals surface area (Å²) in [7, 11) is 0. The van der Waals surface area contributed by atoms with E-state index in [0.717, 1.165) is 6.54 Å². The number of rotatable bonds is 4. The minimum atomic E-state index is -0.467. The molecule has 15 heavy (non-hydrogen) atoms. The molecule has 1 atom stereocenters. The predicted octanol–water partition coefficient (Wildman–Crippen LogP) is -1.20. The average Bonchev–Trinajstić information content (AvgIpc) is 2.28. The Balaban J connectivity index is 2.82. The molecule has 1 heterocycles. The molecular formula is C10H18N2O3. The molecule has 0 bridgehead atoms. The van der Waals surface area contributed by atoms with Crippen LogP contribution in [0.1, 0.15) is 13.8 Å². The van der Waals surface area contributed by atoms with Crippen LogP contribution in [0.15, 0.2) is 0 Å². The number of nitrogens with one attached hydrogen (secondary N) is 1. The van der Waals surface area contributed by atoms with E-state index in [1.165, 1.54) is 0 Å². The third-order valence-electron chi connectivity index (χ3n) is 2.85. The van der Waals surface area contributed by atoms with Crippen LogP contribution in [-0.2, 0) is 9.59 Å². The highest BCUT2D eigenvalue weighted by molar-refractivity contribution is 6.27. The number of carbonyl (C=O) groups excluding carboxylic acids is 2. The molecule has 0 aromatic carbocycles. The highest BCUT2D eigenvalue weighted by Gasteiger charge is 2.37. The first-order chi connectivity index (χ1) is 7.03. The molecule has 86 valence electrons. The van der Waals surface area contributed by atoms with Gasteiger partial charge < -0.3 is 10.4 Å². The van der Waals surface area contributed by atoms with Crippen molar-refractivity contribution in [3.8, 4) is 0 Å². The molecule has 0 aromatic rings. The van der Waals surface area contributed by atoms with Gasteiger partial charge >= 0.3 is 0 Å². The molecular weight excluding hydrogens is 196 g/mol. The van der Waals surface area contributed by atoms with E-state index in [1.807, 2.05) is 18.7 Å². The Morgan fingerprint density at radius 3 is 2.87 bits per heavy atom. The molecule has 1 fully saturated rings. The Morgan fingerprint density at radius 2 is 2.33 bits per heavy atom. The largest absolute Gasteiger partial charge is 0.394 e. The second-order valence-electron chi connectivity index (χ2n) is 4.40. The van der Waals surface area contributed by atoms with Crippen molar-refractivity contribution in [2.75, 3.05) is 26.2 Å². The molecule has 0 aliphatic carbocycles. The fraction of sp³-hybridized carbons (Fsp3) is 0.800. The summed E-state index contributed by atoms with van der Waals surface area (Å²) >= 11 is 0. The van der Waals surface area contributed by atoms with Gasteiger partial charge in [-0.15, -0.1) is 0 Å². The average molecular weight is 214 g/mol. The molecule has 2 N–H and O–H groups in total. The summed E-state index contributed by atoms with van der Waals surface area (Å²) in [6.45, 7) is 5.60. The summed E-state index contributed by atoms with van der Waals surface area (Å²) in [5.41, 5.74) is -0.467. The normalized spacial score (nSPS) is 23.8. The van der Waals surface area contributed by atoms with Crippen molar-refractivity contribution in [1.29, 1.82) is 0 Å². The van der Waals surface area contributed by atoms with Gasteiger partial charge in [0.15, 0.2) is 6.29 Å². The number of ketones is 1. The van der Waals surface area contributed by atoms with Crippen LogP contribution >= 0.6 is 0 Å². The first-order valence-corrected chi connectivity index (χ1v) is 5.10. The van der Waals surface area contributed by atoms with Crippen molar-refractivity contribution >= 4 is 12.1 Å². The van der Waals surface area contributed by atoms with Crippen molar-refractivity contribution in [2.45, 2.75) is 25.4 Å². The maximum atomic E-state index is 11.4. The summed E-state index contributed by atoms with van der Waals surface area (Å²) in [6.07, 6.45) is 0.359. The predicted molar refractivity (Wildman–Crippen MR) is 55.6 cm³/mol. The van der Waals surface area contributed by atoms with Crippen LogP contribution in [0.2, 0.25) is 0 Å². The fourth-order valence-electron chi connectivity index (χ4n) is 1.85. The van der Waals surface area contributed by atoms with Crippen LogP contribution in [0.4, 0.5) is 0 Å². The number of aldehydes is 1. The third kappa shape index (κ3) is 2.62. The number of carbonyl (C=O) groups is 2. The molecule has 1 saturated heterocycles. The molecule has 0 radical (unpaired) electrons. The van der Waals surface area contributed by atoms with Gasteiger partial charge in [0, 0.05) is 25.2 Å². The van der Waals surface area contributed by atoms with Gasteiger partial charge in [-0.1, -0.05) is 0 Å². The standard InChI is InChI=1S/C10H18N2O3/c1-10(2,7-14)12-4-3-11-5-8(12)9(15)6-13/h6,8,11,14H,3-5,7H2,1-2H3. The Kier molecular flexibility index (Phi) is 3.96. The second-order valence-corrected chi connectivity index (χ2v) is 4.40. The zero-order valence-electron chi connectivity index (χ0n) is 9.19. The van der Waals surface area contributed by atoms with Gasteiger partial charge in [0.2, 0.25) is 5.78 Å². The van der Waals surface area contributed by atoms with Gasteiger partial charge in [-0.3, -0.25) is 14.5 Å². The maximum absolute atomic E-state index is 11.4. The van der Waals surface area contributed by atoms with Crippen molar-refractivity contribution in [1.82, 2.24) is 10.2 Å². The Hall–Kier alpha value is -0.780. The van der Waals surface area contributed by atoms with Crippen molar-refractivity contribution in [2.24, 2.45) is 0 Å². The van der Waals surface area contributed by atoms with E-state index in [-0.39, 0.29) is 6.61 Å². The second kappa shape index (κ2) is 4.83. The lowest BCUT2D eigenvalue weighted by molar-refractivity contribution is -0.136. The molecule has 1 unspecified atom stereocenters. The monoisotopic (exact) mass is 214 g/mol. The van der Waals surface area contributed by atoms with Crippen LogP contribution < -0.4 is 5.32 Å². The molecule has 0 saturated carbocycles. The van der Waals surface area contributed by atoms with E-state index in [4.69, 9.17) is 0 Å². The number of aliphatic hydroxyl groups excluding tert-OH is 1. The molecule has 0 aromatic heterocycles. The van der Waals surface area contributed by atoms with Gasteiger partial charge in [0.25, 0.3) is 0 Å². The molecule has 1 rings (SSSR count). The summed E-state index contributed by atoms with van der Waals surface area (Å²) in [5, 5.41) is 12.3. The van der Waals surface area contributed by atoms with Gasteiger partial charge in [-0.05, 0) is 13.8 Å². The van der Waals surface area contributed by atoms with Gasteiger partial charge in [-0.2, -0.15) is 0 Å². The van der Waals surface area contributed by atoms with E-state index >= 15 is 0 Å². The quantitative estimate of drug-likeness (QED) is 0.454. The summed E-state index contributed by atoms with van der Waals surface area (Å²) in [4.78, 5) is 23.8. The molecule has 0 spiro atoms. The maximum Gasteiger partial charge on any atom is 0.213 e. The SMILES string of the molecule is CC(C)(CO)N1CCNCC1C(=O)C=O. The van der Waals surface area contributed by atoms with Crippen LogP contribution in [0.25, 0.3) is 0 Å². The highest BCUT2D eigenvalue weighted by atomic mass is 16.3. The lowest BCUT2D eigenvalue weighted by Crippen LogP contribution is -2.63. The Bertz CT molecular complexity index is 253. The minimum Gasteiger partial charge on any atom is -0.394 e. The molecule has 0 amide bonds. The molecule has 5 nitrogen and oxygen atoms in total. The molecule has 5 heteroatoms. The smallest absolute Gasteiger partial charge is 0.213 e. The van der Waals surface area contributed by atoms with E-state index in [0.29, 0.717) is 19.4 Å².